The van der Waals surface area contributed by atoms with E-state index in [0.717, 1.165) is 24.7 Å². The fourth-order valence-electron chi connectivity index (χ4n) is 7.02. The van der Waals surface area contributed by atoms with E-state index in [2.05, 4.69) is 13.8 Å². The highest BCUT2D eigenvalue weighted by atomic mass is 16.1. The Labute approximate surface area is 117 Å². The van der Waals surface area contributed by atoms with Gasteiger partial charge < -0.3 is 0 Å². The van der Waals surface area contributed by atoms with Crippen LogP contribution in [0.3, 0.4) is 0 Å². The zero-order valence-electron chi connectivity index (χ0n) is 12.6. The third-order valence-corrected chi connectivity index (χ3v) is 6.53. The summed E-state index contributed by atoms with van der Waals surface area (Å²) in [6.45, 7) is 5.02. The van der Waals surface area contributed by atoms with Crippen LogP contribution in [0.1, 0.15) is 78.1 Å². The van der Waals surface area contributed by atoms with E-state index in [1.807, 2.05) is 0 Å². The van der Waals surface area contributed by atoms with Gasteiger partial charge in [-0.2, -0.15) is 0 Å². The molecule has 0 heterocycles. The van der Waals surface area contributed by atoms with E-state index < -0.39 is 0 Å². The second-order valence-electron chi connectivity index (χ2n) is 9.49. The highest BCUT2D eigenvalue weighted by Crippen LogP contribution is 2.70. The topological polar surface area (TPSA) is 17.1 Å². The van der Waals surface area contributed by atoms with Gasteiger partial charge in [-0.3, -0.25) is 4.79 Å². The highest BCUT2D eigenvalue weighted by Gasteiger charge is 2.60. The fraction of sp³-hybridized carbons (Fsp3) is 0.944. The molecule has 5 aliphatic carbocycles. The maximum Gasteiger partial charge on any atom is 0.133 e. The normalized spacial score (nSPS) is 51.6. The quantitative estimate of drug-likeness (QED) is 0.713. The van der Waals surface area contributed by atoms with Crippen molar-refractivity contribution in [3.05, 3.63) is 0 Å². The summed E-state index contributed by atoms with van der Waals surface area (Å²) in [6.07, 6.45) is 12.8. The lowest BCUT2D eigenvalue weighted by atomic mass is 9.39. The van der Waals surface area contributed by atoms with Gasteiger partial charge in [0.05, 0.1) is 0 Å². The molecule has 0 aromatic rings. The van der Waals surface area contributed by atoms with Crippen LogP contribution in [-0.4, -0.2) is 5.78 Å². The standard InChI is InChI=1S/C18H28O/c1-16-6-14-7-17(2,10-16)12-18(8-14,11-16)9-15(19)5-13-3-4-13/h13-14H,3-12H2,1-2H3. The van der Waals surface area contributed by atoms with E-state index in [1.165, 1.54) is 51.4 Å². The summed E-state index contributed by atoms with van der Waals surface area (Å²) in [4.78, 5) is 12.4. The molecule has 5 saturated carbocycles. The maximum absolute atomic E-state index is 12.4. The number of hydrogen-bond donors (Lipinski definition) is 0. The number of carbonyl (C=O) groups excluding carboxylic acids is 1. The maximum atomic E-state index is 12.4. The van der Waals surface area contributed by atoms with Gasteiger partial charge >= 0.3 is 0 Å². The molecular formula is C18H28O. The van der Waals surface area contributed by atoms with Crippen molar-refractivity contribution in [3.63, 3.8) is 0 Å². The van der Waals surface area contributed by atoms with Crippen LogP contribution in [0.5, 0.6) is 0 Å². The molecule has 0 aromatic carbocycles. The van der Waals surface area contributed by atoms with Gasteiger partial charge in [0, 0.05) is 12.8 Å². The van der Waals surface area contributed by atoms with Crippen molar-refractivity contribution in [2.75, 3.05) is 0 Å². The van der Waals surface area contributed by atoms with Gasteiger partial charge in [0.25, 0.3) is 0 Å². The van der Waals surface area contributed by atoms with Crippen LogP contribution in [-0.2, 0) is 4.79 Å². The Morgan fingerprint density at radius 2 is 1.63 bits per heavy atom. The minimum atomic E-state index is 0.412. The first kappa shape index (κ1) is 12.4. The third-order valence-electron chi connectivity index (χ3n) is 6.53. The summed E-state index contributed by atoms with van der Waals surface area (Å²) in [5.41, 5.74) is 1.54. The monoisotopic (exact) mass is 260 g/mol. The van der Waals surface area contributed by atoms with E-state index in [4.69, 9.17) is 0 Å². The van der Waals surface area contributed by atoms with Crippen molar-refractivity contribution >= 4 is 5.78 Å². The zero-order valence-corrected chi connectivity index (χ0v) is 12.6. The first-order valence-corrected chi connectivity index (χ1v) is 8.40. The number of Topliss-reactive ketones (excluding diaryl/α,β-unsaturated/α-hetero) is 1. The van der Waals surface area contributed by atoms with Gasteiger partial charge in [0.15, 0.2) is 0 Å². The molecule has 5 rings (SSSR count). The molecule has 0 aliphatic heterocycles. The Bertz CT molecular complexity index is 401. The predicted molar refractivity (Wildman–Crippen MR) is 76.8 cm³/mol. The average molecular weight is 260 g/mol. The summed E-state index contributed by atoms with van der Waals surface area (Å²) < 4.78 is 0. The molecule has 0 N–H and O–H groups in total. The number of carbonyl (C=O) groups is 1. The first-order valence-electron chi connectivity index (χ1n) is 8.40. The Morgan fingerprint density at radius 3 is 2.16 bits per heavy atom. The summed E-state index contributed by atoms with van der Waals surface area (Å²) >= 11 is 0. The Morgan fingerprint density at radius 1 is 1.00 bits per heavy atom. The van der Waals surface area contributed by atoms with Gasteiger partial charge in [0.2, 0.25) is 0 Å². The second-order valence-corrected chi connectivity index (χ2v) is 9.49. The summed E-state index contributed by atoms with van der Waals surface area (Å²) in [5, 5.41) is 0. The number of ketones is 1. The molecule has 106 valence electrons. The molecule has 5 fully saturated rings. The summed E-state index contributed by atoms with van der Waals surface area (Å²) in [5.74, 6) is 2.30. The highest BCUT2D eigenvalue weighted by molar-refractivity contribution is 5.79. The number of hydrogen-bond acceptors (Lipinski definition) is 1. The molecular weight excluding hydrogens is 232 g/mol. The predicted octanol–water partition coefficient (Wildman–Crippen LogP) is 4.74. The van der Waals surface area contributed by atoms with Crippen LogP contribution in [0.25, 0.3) is 0 Å². The molecule has 19 heavy (non-hydrogen) atoms. The molecule has 2 atom stereocenters. The lowest BCUT2D eigenvalue weighted by molar-refractivity contribution is -0.155. The SMILES string of the molecule is CC12CC3CC(C)(C1)CC(CC(=O)CC1CC1)(C3)C2. The van der Waals surface area contributed by atoms with Crippen LogP contribution >= 0.6 is 0 Å². The molecule has 5 aliphatic rings. The molecule has 4 bridgehead atoms. The van der Waals surface area contributed by atoms with Gasteiger partial charge in [-0.1, -0.05) is 13.8 Å². The molecule has 0 spiro atoms. The summed E-state index contributed by atoms with van der Waals surface area (Å²) in [6, 6.07) is 0. The van der Waals surface area contributed by atoms with Crippen molar-refractivity contribution in [1.29, 1.82) is 0 Å². The van der Waals surface area contributed by atoms with Gasteiger partial charge in [0.1, 0.15) is 5.78 Å². The minimum Gasteiger partial charge on any atom is -0.300 e. The molecule has 0 aromatic heterocycles. The summed E-state index contributed by atoms with van der Waals surface area (Å²) in [7, 11) is 0. The van der Waals surface area contributed by atoms with Gasteiger partial charge in [-0.15, -0.1) is 0 Å². The van der Waals surface area contributed by atoms with Crippen LogP contribution in [0.15, 0.2) is 0 Å². The first-order chi connectivity index (χ1) is 8.88. The third kappa shape index (κ3) is 2.17. The fourth-order valence-corrected chi connectivity index (χ4v) is 7.02. The van der Waals surface area contributed by atoms with Gasteiger partial charge in [-0.05, 0) is 79.4 Å². The zero-order chi connectivity index (χ0) is 13.3. The molecule has 0 amide bonds. The largest absolute Gasteiger partial charge is 0.300 e. The second kappa shape index (κ2) is 3.65. The van der Waals surface area contributed by atoms with E-state index in [-0.39, 0.29) is 0 Å². The average Bonchev–Trinajstić information content (AvgIpc) is 2.93. The number of rotatable bonds is 4. The van der Waals surface area contributed by atoms with Crippen LogP contribution in [0.4, 0.5) is 0 Å². The lowest BCUT2D eigenvalue weighted by Crippen LogP contribution is -2.55. The van der Waals surface area contributed by atoms with E-state index >= 15 is 0 Å². The van der Waals surface area contributed by atoms with Gasteiger partial charge in [-0.25, -0.2) is 0 Å². The van der Waals surface area contributed by atoms with E-state index in [1.54, 1.807) is 0 Å². The Kier molecular flexibility index (Phi) is 2.39. The molecule has 1 heteroatoms. The Balaban J connectivity index is 1.54. The molecule has 1 nitrogen and oxygen atoms in total. The van der Waals surface area contributed by atoms with Crippen molar-refractivity contribution < 1.29 is 4.79 Å². The van der Waals surface area contributed by atoms with Crippen molar-refractivity contribution in [2.45, 2.75) is 78.1 Å². The van der Waals surface area contributed by atoms with Crippen LogP contribution in [0, 0.1) is 28.1 Å². The smallest absolute Gasteiger partial charge is 0.133 e. The van der Waals surface area contributed by atoms with Crippen LogP contribution in [0.2, 0.25) is 0 Å². The van der Waals surface area contributed by atoms with E-state index in [9.17, 15) is 4.79 Å². The minimum absolute atomic E-state index is 0.412. The van der Waals surface area contributed by atoms with Crippen molar-refractivity contribution in [3.8, 4) is 0 Å². The lowest BCUT2D eigenvalue weighted by Gasteiger charge is -2.65. The Hall–Kier alpha value is -0.330. The van der Waals surface area contributed by atoms with Crippen LogP contribution < -0.4 is 0 Å². The van der Waals surface area contributed by atoms with Crippen molar-refractivity contribution in [1.82, 2.24) is 0 Å². The van der Waals surface area contributed by atoms with Crippen molar-refractivity contribution in [2.24, 2.45) is 28.1 Å². The molecule has 0 saturated heterocycles. The van der Waals surface area contributed by atoms with E-state index in [0.29, 0.717) is 22.0 Å². The molecule has 2 unspecified atom stereocenters. The molecule has 0 radical (unpaired) electrons.